The van der Waals surface area contributed by atoms with E-state index in [1.165, 1.54) is 11.8 Å². The van der Waals surface area contributed by atoms with Crippen LogP contribution in [-0.2, 0) is 11.3 Å². The van der Waals surface area contributed by atoms with Crippen LogP contribution in [0.1, 0.15) is 10.4 Å². The van der Waals surface area contributed by atoms with Crippen molar-refractivity contribution in [2.45, 2.75) is 11.7 Å². The average molecular weight is 343 g/mol. The van der Waals surface area contributed by atoms with Gasteiger partial charge < -0.3 is 9.15 Å². The van der Waals surface area contributed by atoms with Gasteiger partial charge in [-0.15, -0.1) is 10.2 Å². The molecule has 1 aromatic carbocycles. The molecule has 3 rings (SSSR count). The van der Waals surface area contributed by atoms with Gasteiger partial charge in [0, 0.05) is 12.7 Å². The summed E-state index contributed by atoms with van der Waals surface area (Å²) in [5.41, 5.74) is 0.694. The van der Waals surface area contributed by atoms with Crippen LogP contribution < -0.4 is 0 Å². The minimum Gasteiger partial charge on any atom is -0.461 e. The maximum Gasteiger partial charge on any atom is 0.200 e. The minimum absolute atomic E-state index is 0.0569. The number of carbonyl (C=O) groups excluding carboxylic acids is 1. The molecule has 124 valence electrons. The zero-order chi connectivity index (χ0) is 16.8. The van der Waals surface area contributed by atoms with Gasteiger partial charge in [-0.25, -0.2) is 0 Å². The molecule has 0 amide bonds. The number of carbonyl (C=O) groups is 1. The summed E-state index contributed by atoms with van der Waals surface area (Å²) in [5, 5.41) is 9.06. The molecule has 0 aliphatic rings. The molecule has 0 saturated heterocycles. The fraction of sp³-hybridized carbons (Fsp3) is 0.235. The molecule has 0 bridgehead atoms. The van der Waals surface area contributed by atoms with E-state index in [0.29, 0.717) is 41.2 Å². The predicted molar refractivity (Wildman–Crippen MR) is 91.1 cm³/mol. The van der Waals surface area contributed by atoms with Crippen LogP contribution >= 0.6 is 11.8 Å². The maximum absolute atomic E-state index is 12.3. The van der Waals surface area contributed by atoms with Crippen LogP contribution in [0, 0.1) is 0 Å². The molecule has 2 aromatic heterocycles. The second-order valence-electron chi connectivity index (χ2n) is 5.01. The first kappa shape index (κ1) is 16.5. The van der Waals surface area contributed by atoms with E-state index in [1.54, 1.807) is 19.4 Å². The van der Waals surface area contributed by atoms with E-state index >= 15 is 0 Å². The van der Waals surface area contributed by atoms with E-state index < -0.39 is 0 Å². The molecule has 0 saturated carbocycles. The Morgan fingerprint density at radius 3 is 2.75 bits per heavy atom. The van der Waals surface area contributed by atoms with E-state index in [2.05, 4.69) is 10.2 Å². The van der Waals surface area contributed by atoms with Gasteiger partial charge in [-0.05, 0) is 12.1 Å². The summed E-state index contributed by atoms with van der Waals surface area (Å²) in [4.78, 5) is 12.3. The highest BCUT2D eigenvalue weighted by molar-refractivity contribution is 7.99. The van der Waals surface area contributed by atoms with Gasteiger partial charge in [-0.2, -0.15) is 0 Å². The fourth-order valence-electron chi connectivity index (χ4n) is 2.21. The van der Waals surface area contributed by atoms with Crippen LogP contribution in [0.4, 0.5) is 0 Å². The van der Waals surface area contributed by atoms with Gasteiger partial charge in [0.1, 0.15) is 0 Å². The first-order chi connectivity index (χ1) is 11.8. The lowest BCUT2D eigenvalue weighted by atomic mass is 10.2. The fourth-order valence-corrected chi connectivity index (χ4v) is 3.06. The Labute approximate surface area is 143 Å². The van der Waals surface area contributed by atoms with Crippen molar-refractivity contribution < 1.29 is 13.9 Å². The summed E-state index contributed by atoms with van der Waals surface area (Å²) >= 11 is 1.36. The number of ether oxygens (including phenoxy) is 1. The van der Waals surface area contributed by atoms with Crippen LogP contribution in [-0.4, -0.2) is 40.0 Å². The molecule has 0 N–H and O–H groups in total. The van der Waals surface area contributed by atoms with E-state index in [-0.39, 0.29) is 5.78 Å². The number of thioether (sulfide) groups is 1. The first-order valence-corrected chi connectivity index (χ1v) is 8.45. The summed E-state index contributed by atoms with van der Waals surface area (Å²) in [6, 6.07) is 12.9. The van der Waals surface area contributed by atoms with E-state index in [4.69, 9.17) is 9.15 Å². The second kappa shape index (κ2) is 7.94. The zero-order valence-electron chi connectivity index (χ0n) is 13.2. The van der Waals surface area contributed by atoms with Gasteiger partial charge in [0.2, 0.25) is 5.82 Å². The average Bonchev–Trinajstić information content (AvgIpc) is 3.28. The lowest BCUT2D eigenvalue weighted by Crippen LogP contribution is -2.09. The second-order valence-corrected chi connectivity index (χ2v) is 5.95. The minimum atomic E-state index is 0.0569. The number of rotatable bonds is 8. The SMILES string of the molecule is COCCn1c(SCC(=O)c2ccccc2)nnc1-c1ccco1. The Bertz CT molecular complexity index is 785. The highest BCUT2D eigenvalue weighted by atomic mass is 32.2. The van der Waals surface area contributed by atoms with Crippen LogP contribution in [0.5, 0.6) is 0 Å². The van der Waals surface area contributed by atoms with Crippen LogP contribution in [0.3, 0.4) is 0 Å². The third kappa shape index (κ3) is 3.74. The number of nitrogens with zero attached hydrogens (tertiary/aromatic N) is 3. The van der Waals surface area contributed by atoms with Crippen molar-refractivity contribution in [1.82, 2.24) is 14.8 Å². The standard InChI is InChI=1S/C17H17N3O3S/c1-22-11-9-20-16(15-8-5-10-23-15)18-19-17(20)24-12-14(21)13-6-3-2-4-7-13/h2-8,10H,9,11-12H2,1H3. The molecule has 0 radical (unpaired) electrons. The van der Waals surface area contributed by atoms with Crippen LogP contribution in [0.2, 0.25) is 0 Å². The van der Waals surface area contributed by atoms with Crippen LogP contribution in [0.25, 0.3) is 11.6 Å². The Kier molecular flexibility index (Phi) is 5.45. The number of ketones is 1. The number of Topliss-reactive ketones (excluding diaryl/α,β-unsaturated/α-hetero) is 1. The Morgan fingerprint density at radius 2 is 2.04 bits per heavy atom. The number of hydrogen-bond acceptors (Lipinski definition) is 6. The smallest absolute Gasteiger partial charge is 0.200 e. The topological polar surface area (TPSA) is 70.2 Å². The largest absolute Gasteiger partial charge is 0.461 e. The maximum atomic E-state index is 12.3. The zero-order valence-corrected chi connectivity index (χ0v) is 14.0. The van der Waals surface area contributed by atoms with Gasteiger partial charge in [-0.1, -0.05) is 42.1 Å². The van der Waals surface area contributed by atoms with Gasteiger partial charge in [0.15, 0.2) is 16.7 Å². The van der Waals surface area contributed by atoms with E-state index in [1.807, 2.05) is 41.0 Å². The number of furan rings is 1. The lowest BCUT2D eigenvalue weighted by molar-refractivity contribution is 0.102. The Morgan fingerprint density at radius 1 is 1.21 bits per heavy atom. The number of aromatic nitrogens is 3. The van der Waals surface area contributed by atoms with Crippen molar-refractivity contribution in [3.63, 3.8) is 0 Å². The molecule has 0 unspecified atom stereocenters. The summed E-state index contributed by atoms with van der Waals surface area (Å²) < 4.78 is 12.5. The third-order valence-electron chi connectivity index (χ3n) is 3.41. The molecule has 0 fully saturated rings. The normalized spacial score (nSPS) is 10.9. The van der Waals surface area contributed by atoms with Crippen molar-refractivity contribution in [2.24, 2.45) is 0 Å². The molecule has 0 atom stereocenters. The monoisotopic (exact) mass is 343 g/mol. The van der Waals surface area contributed by atoms with E-state index in [9.17, 15) is 4.79 Å². The summed E-state index contributed by atoms with van der Waals surface area (Å²) in [7, 11) is 1.64. The van der Waals surface area contributed by atoms with Crippen molar-refractivity contribution in [3.05, 3.63) is 54.3 Å². The van der Waals surface area contributed by atoms with Gasteiger partial charge in [0.05, 0.1) is 25.2 Å². The molecule has 24 heavy (non-hydrogen) atoms. The molecule has 0 aliphatic heterocycles. The molecule has 6 nitrogen and oxygen atoms in total. The van der Waals surface area contributed by atoms with Crippen molar-refractivity contribution in [3.8, 4) is 11.6 Å². The third-order valence-corrected chi connectivity index (χ3v) is 4.37. The van der Waals surface area contributed by atoms with Gasteiger partial charge in [-0.3, -0.25) is 9.36 Å². The van der Waals surface area contributed by atoms with Gasteiger partial charge in [0.25, 0.3) is 0 Å². The molecule has 0 spiro atoms. The van der Waals surface area contributed by atoms with Crippen LogP contribution in [0.15, 0.2) is 58.3 Å². The van der Waals surface area contributed by atoms with Crippen molar-refractivity contribution in [2.75, 3.05) is 19.5 Å². The number of methoxy groups -OCH3 is 1. The number of hydrogen-bond donors (Lipinski definition) is 0. The van der Waals surface area contributed by atoms with E-state index in [0.717, 1.165) is 0 Å². The molecule has 0 aliphatic carbocycles. The van der Waals surface area contributed by atoms with Crippen molar-refractivity contribution >= 4 is 17.5 Å². The summed E-state index contributed by atoms with van der Waals surface area (Å²) in [6.45, 7) is 1.10. The highest BCUT2D eigenvalue weighted by Crippen LogP contribution is 2.24. The van der Waals surface area contributed by atoms with Crippen molar-refractivity contribution in [1.29, 1.82) is 0 Å². The predicted octanol–water partition coefficient (Wildman–Crippen LogP) is 3.16. The Balaban J connectivity index is 1.76. The lowest BCUT2D eigenvalue weighted by Gasteiger charge is -2.08. The highest BCUT2D eigenvalue weighted by Gasteiger charge is 2.17. The molecule has 7 heteroatoms. The summed E-state index contributed by atoms with van der Waals surface area (Å²) in [5.74, 6) is 1.63. The number of benzene rings is 1. The molecular formula is C17H17N3O3S. The molecular weight excluding hydrogens is 326 g/mol. The molecule has 2 heterocycles. The molecule has 3 aromatic rings. The first-order valence-electron chi connectivity index (χ1n) is 7.46. The Hall–Kier alpha value is -2.38. The summed E-state index contributed by atoms with van der Waals surface area (Å²) in [6.07, 6.45) is 1.59. The quantitative estimate of drug-likeness (QED) is 0.462. The van der Waals surface area contributed by atoms with Gasteiger partial charge >= 0.3 is 0 Å².